The molecule has 0 spiro atoms. The van der Waals surface area contributed by atoms with Crippen molar-refractivity contribution in [1.82, 2.24) is 20.1 Å². The summed E-state index contributed by atoms with van der Waals surface area (Å²) in [6, 6.07) is 22.9. The van der Waals surface area contributed by atoms with Crippen molar-refractivity contribution >= 4 is 29.4 Å². The zero-order valence-corrected chi connectivity index (χ0v) is 25.3. The molecule has 11 nitrogen and oxygen atoms in total. The summed E-state index contributed by atoms with van der Waals surface area (Å²) in [7, 11) is 3.19. The number of nitrogens with one attached hydrogen (secondary N) is 2. The number of carbonyl (C=O) groups excluding carboxylic acids is 2. The molecule has 230 valence electrons. The maximum atomic E-state index is 13.0. The lowest BCUT2D eigenvalue weighted by Crippen LogP contribution is -2.45. The number of ether oxygens (including phenoxy) is 3. The zero-order chi connectivity index (χ0) is 30.9. The fourth-order valence-electron chi connectivity index (χ4n) is 4.87. The van der Waals surface area contributed by atoms with E-state index in [1.165, 1.54) is 7.11 Å². The van der Waals surface area contributed by atoms with Crippen LogP contribution in [0.25, 0.3) is 0 Å². The molecule has 1 aromatic heterocycles. The quantitative estimate of drug-likeness (QED) is 0.164. The van der Waals surface area contributed by atoms with Gasteiger partial charge in [0, 0.05) is 36.9 Å². The summed E-state index contributed by atoms with van der Waals surface area (Å²) in [5.74, 6) is 0.0962. The number of aromatic nitrogens is 3. The Morgan fingerprint density at radius 2 is 1.84 bits per heavy atom. The number of aliphatic hydroxyl groups is 1. The van der Waals surface area contributed by atoms with Gasteiger partial charge in [0.25, 0.3) is 0 Å². The first-order chi connectivity index (χ1) is 21.4. The number of hydrogen-bond donors (Lipinski definition) is 3. The number of urea groups is 1. The number of aliphatic hydroxyl groups excluding tert-OH is 1. The Morgan fingerprint density at radius 3 is 2.55 bits per heavy atom. The molecule has 3 N–H and O–H groups in total. The molecule has 0 unspecified atom stereocenters. The molecule has 2 amide bonds. The van der Waals surface area contributed by atoms with Gasteiger partial charge in [0.05, 0.1) is 25.9 Å². The molecule has 44 heavy (non-hydrogen) atoms. The van der Waals surface area contributed by atoms with Crippen molar-refractivity contribution in [3.63, 3.8) is 0 Å². The smallest absolute Gasteiger partial charge is 0.328 e. The van der Waals surface area contributed by atoms with Crippen molar-refractivity contribution in [2.75, 3.05) is 18.2 Å². The standard InChI is InChI=1S/C32H35N5O6S/c1-37-20-33-36-32(37)44-19-26-17-28(23-13-11-22(18-38)12-14-23)43-30(42-26)24-9-6-10-25(16-24)34-31(40)35-27(29(39)41-2)15-21-7-4-3-5-8-21/h3-14,16,20,26-28,30,38H,15,17-19H2,1-2H3,(H2,34,35,40)/t26-,27-,28+,30+/m0/s1. The summed E-state index contributed by atoms with van der Waals surface area (Å²) >= 11 is 1.56. The molecule has 4 aromatic rings. The van der Waals surface area contributed by atoms with Crippen molar-refractivity contribution in [2.24, 2.45) is 7.05 Å². The molecule has 12 heteroatoms. The lowest BCUT2D eigenvalue weighted by atomic mass is 10.0. The van der Waals surface area contributed by atoms with Gasteiger partial charge in [-0.1, -0.05) is 78.5 Å². The highest BCUT2D eigenvalue weighted by atomic mass is 32.2. The second kappa shape index (κ2) is 15.0. The third kappa shape index (κ3) is 8.23. The van der Waals surface area contributed by atoms with Crippen molar-refractivity contribution in [3.8, 4) is 0 Å². The monoisotopic (exact) mass is 617 g/mol. The second-order valence-electron chi connectivity index (χ2n) is 10.4. The first-order valence-electron chi connectivity index (χ1n) is 14.2. The minimum atomic E-state index is -0.860. The van der Waals surface area contributed by atoms with E-state index in [4.69, 9.17) is 14.2 Å². The van der Waals surface area contributed by atoms with Gasteiger partial charge in [0.1, 0.15) is 12.4 Å². The molecule has 3 aromatic carbocycles. The van der Waals surface area contributed by atoms with E-state index < -0.39 is 24.3 Å². The van der Waals surface area contributed by atoms with E-state index in [1.807, 2.05) is 78.3 Å². The number of thioether (sulfide) groups is 1. The van der Waals surface area contributed by atoms with Crippen LogP contribution >= 0.6 is 11.8 Å². The highest BCUT2D eigenvalue weighted by Gasteiger charge is 2.33. The minimum absolute atomic E-state index is 0.0332. The number of hydrogen-bond acceptors (Lipinski definition) is 9. The molecule has 1 saturated heterocycles. The number of esters is 1. The van der Waals surface area contributed by atoms with Crippen molar-refractivity contribution < 1.29 is 28.9 Å². The summed E-state index contributed by atoms with van der Waals surface area (Å²) in [4.78, 5) is 25.4. The Balaban J connectivity index is 1.29. The first kappa shape index (κ1) is 31.2. The number of aryl methyl sites for hydroxylation is 1. The normalized spacial score (nSPS) is 18.8. The number of amides is 2. The van der Waals surface area contributed by atoms with Gasteiger partial charge < -0.3 is 34.5 Å². The maximum Gasteiger partial charge on any atom is 0.328 e. The van der Waals surface area contributed by atoms with Crippen molar-refractivity contribution in [3.05, 3.63) is 107 Å². The molecule has 2 heterocycles. The molecule has 4 atom stereocenters. The van der Waals surface area contributed by atoms with Crippen LogP contribution in [0.2, 0.25) is 0 Å². The van der Waals surface area contributed by atoms with Gasteiger partial charge in [0.15, 0.2) is 11.4 Å². The van der Waals surface area contributed by atoms with Gasteiger partial charge in [-0.15, -0.1) is 10.2 Å². The average molecular weight is 618 g/mol. The van der Waals surface area contributed by atoms with Crippen LogP contribution in [0.5, 0.6) is 0 Å². The van der Waals surface area contributed by atoms with E-state index in [0.717, 1.165) is 27.4 Å². The van der Waals surface area contributed by atoms with Gasteiger partial charge in [-0.3, -0.25) is 0 Å². The fourth-order valence-corrected chi connectivity index (χ4v) is 5.77. The van der Waals surface area contributed by atoms with Crippen LogP contribution in [0.1, 0.15) is 41.1 Å². The summed E-state index contributed by atoms with van der Waals surface area (Å²) in [5, 5.41) is 23.9. The van der Waals surface area contributed by atoms with Gasteiger partial charge in [-0.2, -0.15) is 0 Å². The lowest BCUT2D eigenvalue weighted by Gasteiger charge is -2.36. The summed E-state index contributed by atoms with van der Waals surface area (Å²) in [6.45, 7) is -0.0332. The topological polar surface area (TPSA) is 137 Å². The molecule has 5 rings (SSSR count). The third-order valence-electron chi connectivity index (χ3n) is 7.17. The van der Waals surface area contributed by atoms with E-state index in [2.05, 4.69) is 20.8 Å². The lowest BCUT2D eigenvalue weighted by molar-refractivity contribution is -0.245. The maximum absolute atomic E-state index is 13.0. The predicted molar refractivity (Wildman–Crippen MR) is 165 cm³/mol. The van der Waals surface area contributed by atoms with Crippen LogP contribution < -0.4 is 10.6 Å². The highest BCUT2D eigenvalue weighted by Crippen LogP contribution is 2.39. The molecule has 1 aliphatic heterocycles. The van der Waals surface area contributed by atoms with Crippen LogP contribution in [-0.2, 0) is 39.1 Å². The SMILES string of the molecule is COC(=O)[C@H](Cc1ccccc1)NC(=O)Nc1cccc([C@@H]2O[C@H](CSc3nncn3C)C[C@H](c3ccc(CO)cc3)O2)c1. The third-order valence-corrected chi connectivity index (χ3v) is 8.34. The molecular formula is C32H35N5O6S. The van der Waals surface area contributed by atoms with Crippen molar-refractivity contribution in [2.45, 2.75) is 49.1 Å². The largest absolute Gasteiger partial charge is 0.467 e. The Kier molecular flexibility index (Phi) is 10.6. The average Bonchev–Trinajstić information content (AvgIpc) is 3.47. The summed E-state index contributed by atoms with van der Waals surface area (Å²) in [6.07, 6.45) is 1.44. The number of carbonyl (C=O) groups is 2. The van der Waals surface area contributed by atoms with Gasteiger partial charge in [0.2, 0.25) is 0 Å². The van der Waals surface area contributed by atoms with Crippen LogP contribution in [0.3, 0.4) is 0 Å². The number of anilines is 1. The Bertz CT molecular complexity index is 1530. The highest BCUT2D eigenvalue weighted by molar-refractivity contribution is 7.99. The van der Waals surface area contributed by atoms with E-state index in [-0.39, 0.29) is 18.8 Å². The van der Waals surface area contributed by atoms with Crippen LogP contribution in [0, 0.1) is 0 Å². The van der Waals surface area contributed by atoms with Crippen LogP contribution in [-0.4, -0.2) is 56.9 Å². The first-order valence-corrected chi connectivity index (χ1v) is 15.2. The Labute approximate surface area is 259 Å². The Hall–Kier alpha value is -4.23. The molecule has 1 fully saturated rings. The Morgan fingerprint density at radius 1 is 1.05 bits per heavy atom. The fraction of sp³-hybridized carbons (Fsp3) is 0.312. The van der Waals surface area contributed by atoms with Crippen LogP contribution in [0.15, 0.2) is 90.3 Å². The van der Waals surface area contributed by atoms with E-state index in [9.17, 15) is 14.7 Å². The number of methoxy groups -OCH3 is 1. The predicted octanol–water partition coefficient (Wildman–Crippen LogP) is 4.55. The molecular weight excluding hydrogens is 582 g/mol. The van der Waals surface area contributed by atoms with Gasteiger partial charge >= 0.3 is 12.0 Å². The number of rotatable bonds is 11. The van der Waals surface area contributed by atoms with Gasteiger partial charge in [-0.25, -0.2) is 9.59 Å². The summed E-state index contributed by atoms with van der Waals surface area (Å²) in [5.41, 5.74) is 3.92. The molecule has 0 radical (unpaired) electrons. The molecule has 1 aliphatic rings. The van der Waals surface area contributed by atoms with E-state index in [1.54, 1.807) is 30.2 Å². The van der Waals surface area contributed by atoms with Crippen molar-refractivity contribution in [1.29, 1.82) is 0 Å². The molecule has 0 aliphatic carbocycles. The van der Waals surface area contributed by atoms with E-state index in [0.29, 0.717) is 24.3 Å². The molecule has 0 saturated carbocycles. The van der Waals surface area contributed by atoms with E-state index >= 15 is 0 Å². The second-order valence-corrected chi connectivity index (χ2v) is 11.4. The van der Waals surface area contributed by atoms with Gasteiger partial charge in [-0.05, 0) is 28.8 Å². The number of nitrogens with zero attached hydrogens (tertiary/aromatic N) is 3. The molecule has 0 bridgehead atoms. The zero-order valence-electron chi connectivity index (χ0n) is 24.5. The minimum Gasteiger partial charge on any atom is -0.467 e. The summed E-state index contributed by atoms with van der Waals surface area (Å²) < 4.78 is 19.6. The van der Waals surface area contributed by atoms with Crippen LogP contribution in [0.4, 0.5) is 10.5 Å². The number of benzene rings is 3.